The van der Waals surface area contributed by atoms with Gasteiger partial charge in [-0.1, -0.05) is 35.7 Å². The Bertz CT molecular complexity index is 745. The predicted molar refractivity (Wildman–Crippen MR) is 98.0 cm³/mol. The summed E-state index contributed by atoms with van der Waals surface area (Å²) in [5.74, 6) is -0.448. The molecule has 118 valence electrons. The Morgan fingerprint density at radius 2 is 1.87 bits per heavy atom. The number of amides is 1. The Morgan fingerprint density at radius 3 is 2.57 bits per heavy atom. The van der Waals surface area contributed by atoms with Crippen molar-refractivity contribution in [3.8, 4) is 0 Å². The molecule has 1 aromatic carbocycles. The van der Waals surface area contributed by atoms with Crippen LogP contribution in [-0.2, 0) is 9.59 Å². The summed E-state index contributed by atoms with van der Waals surface area (Å²) in [5, 5.41) is 3.68. The third-order valence-electron chi connectivity index (χ3n) is 3.48. The monoisotopic (exact) mass is 363 g/mol. The van der Waals surface area contributed by atoms with E-state index in [-0.39, 0.29) is 36.0 Å². The van der Waals surface area contributed by atoms with Gasteiger partial charge in [0, 0.05) is 12.0 Å². The molecule has 0 bridgehead atoms. The first kappa shape index (κ1) is 16.4. The SMILES string of the molecule is O=C1CN(C(=O)CCS)c2ccccc2C(=O)C1=C1SC=CS1. The van der Waals surface area contributed by atoms with Crippen LogP contribution in [-0.4, -0.2) is 29.8 Å². The van der Waals surface area contributed by atoms with Crippen LogP contribution in [0.1, 0.15) is 16.8 Å². The lowest BCUT2D eigenvalue weighted by Gasteiger charge is -2.21. The van der Waals surface area contributed by atoms with Crippen molar-refractivity contribution in [1.29, 1.82) is 0 Å². The lowest BCUT2D eigenvalue weighted by Crippen LogP contribution is -2.35. The minimum Gasteiger partial charge on any atom is -0.304 e. The van der Waals surface area contributed by atoms with E-state index in [0.29, 0.717) is 21.2 Å². The number of carbonyl (C=O) groups is 3. The van der Waals surface area contributed by atoms with Crippen LogP contribution in [0.15, 0.2) is 44.9 Å². The highest BCUT2D eigenvalue weighted by Gasteiger charge is 2.34. The Morgan fingerprint density at radius 1 is 1.17 bits per heavy atom. The minimum absolute atomic E-state index is 0.116. The zero-order valence-corrected chi connectivity index (χ0v) is 14.5. The predicted octanol–water partition coefficient (Wildman–Crippen LogP) is 3.27. The van der Waals surface area contributed by atoms with Crippen molar-refractivity contribution >= 4 is 59.3 Å². The summed E-state index contributed by atoms with van der Waals surface area (Å²) in [7, 11) is 0. The third-order valence-corrected chi connectivity index (χ3v) is 5.84. The van der Waals surface area contributed by atoms with Crippen LogP contribution in [0, 0.1) is 0 Å². The maximum absolute atomic E-state index is 12.9. The first-order chi connectivity index (χ1) is 11.1. The van der Waals surface area contributed by atoms with Gasteiger partial charge >= 0.3 is 0 Å². The summed E-state index contributed by atoms with van der Waals surface area (Å²) in [6.07, 6.45) is 0.218. The van der Waals surface area contributed by atoms with Gasteiger partial charge in [0.2, 0.25) is 5.91 Å². The lowest BCUT2D eigenvalue weighted by atomic mass is 10.0. The molecule has 0 atom stereocenters. The van der Waals surface area contributed by atoms with Crippen molar-refractivity contribution in [3.05, 3.63) is 50.5 Å². The molecule has 0 N–H and O–H groups in total. The molecule has 2 aliphatic rings. The number of fused-ring (bicyclic) bond motifs is 1. The van der Waals surface area contributed by atoms with Gasteiger partial charge in [0.25, 0.3) is 0 Å². The second kappa shape index (κ2) is 6.98. The molecule has 0 unspecified atom stereocenters. The van der Waals surface area contributed by atoms with E-state index in [4.69, 9.17) is 0 Å². The molecule has 1 aromatic rings. The van der Waals surface area contributed by atoms with Crippen molar-refractivity contribution < 1.29 is 14.4 Å². The molecule has 2 aliphatic heterocycles. The number of para-hydroxylation sites is 1. The summed E-state index contributed by atoms with van der Waals surface area (Å²) in [6, 6.07) is 6.87. The van der Waals surface area contributed by atoms with Gasteiger partial charge in [-0.25, -0.2) is 0 Å². The molecular weight excluding hydrogens is 350 g/mol. The van der Waals surface area contributed by atoms with E-state index in [9.17, 15) is 14.4 Å². The van der Waals surface area contributed by atoms with Crippen LogP contribution >= 0.6 is 36.2 Å². The molecule has 0 spiro atoms. The molecule has 0 saturated heterocycles. The average Bonchev–Trinajstić information content (AvgIpc) is 3.03. The number of ketones is 2. The molecule has 7 heteroatoms. The van der Waals surface area contributed by atoms with Crippen molar-refractivity contribution in [2.45, 2.75) is 6.42 Å². The summed E-state index contributed by atoms with van der Waals surface area (Å²) in [4.78, 5) is 39.3. The smallest absolute Gasteiger partial charge is 0.228 e. The quantitative estimate of drug-likeness (QED) is 0.496. The highest BCUT2D eigenvalue weighted by Crippen LogP contribution is 2.42. The number of thiol groups is 1. The zero-order valence-electron chi connectivity index (χ0n) is 12.0. The third kappa shape index (κ3) is 3.13. The van der Waals surface area contributed by atoms with E-state index in [1.807, 2.05) is 10.8 Å². The topological polar surface area (TPSA) is 54.5 Å². The van der Waals surface area contributed by atoms with Crippen LogP contribution in [0.3, 0.4) is 0 Å². The Hall–Kier alpha value is -1.44. The second-order valence-corrected chi connectivity index (χ2v) is 7.43. The van der Waals surface area contributed by atoms with E-state index >= 15 is 0 Å². The molecule has 0 aliphatic carbocycles. The largest absolute Gasteiger partial charge is 0.304 e. The lowest BCUT2D eigenvalue weighted by molar-refractivity contribution is -0.121. The Kier molecular flexibility index (Phi) is 4.99. The van der Waals surface area contributed by atoms with Crippen molar-refractivity contribution in [2.24, 2.45) is 0 Å². The van der Waals surface area contributed by atoms with E-state index in [0.717, 1.165) is 0 Å². The van der Waals surface area contributed by atoms with Crippen molar-refractivity contribution in [1.82, 2.24) is 0 Å². The highest BCUT2D eigenvalue weighted by molar-refractivity contribution is 8.27. The van der Waals surface area contributed by atoms with Crippen LogP contribution in [0.2, 0.25) is 0 Å². The fourth-order valence-corrected chi connectivity index (χ4v) is 4.54. The molecule has 4 nitrogen and oxygen atoms in total. The number of hydrogen-bond acceptors (Lipinski definition) is 6. The van der Waals surface area contributed by atoms with E-state index < -0.39 is 0 Å². The van der Waals surface area contributed by atoms with E-state index in [1.165, 1.54) is 28.4 Å². The number of nitrogens with zero attached hydrogens (tertiary/aromatic N) is 1. The zero-order chi connectivity index (χ0) is 16.4. The number of hydrogen-bond donors (Lipinski definition) is 1. The molecular formula is C16H13NO3S3. The molecule has 3 rings (SSSR count). The van der Waals surface area contributed by atoms with Crippen molar-refractivity contribution in [3.63, 3.8) is 0 Å². The van der Waals surface area contributed by atoms with Gasteiger partial charge in [-0.05, 0) is 28.7 Å². The van der Waals surface area contributed by atoms with Gasteiger partial charge in [0.15, 0.2) is 11.6 Å². The van der Waals surface area contributed by atoms with Crippen LogP contribution in [0.5, 0.6) is 0 Å². The van der Waals surface area contributed by atoms with Crippen LogP contribution < -0.4 is 4.90 Å². The number of thioether (sulfide) groups is 2. The fraction of sp³-hybridized carbons (Fsp3) is 0.188. The van der Waals surface area contributed by atoms with Gasteiger partial charge in [-0.3, -0.25) is 14.4 Å². The number of rotatable bonds is 2. The average molecular weight is 363 g/mol. The first-order valence-corrected chi connectivity index (χ1v) is 9.33. The van der Waals surface area contributed by atoms with Gasteiger partial charge in [-0.2, -0.15) is 12.6 Å². The standard InChI is InChI=1S/C16H13NO3S3/c18-12-9-17(13(19)5-6-21)11-4-2-1-3-10(11)15(20)14(12)16-22-7-8-23-16/h1-4,7-8,21H,5-6,9H2. The van der Waals surface area contributed by atoms with Crippen molar-refractivity contribution in [2.75, 3.05) is 17.2 Å². The number of benzene rings is 1. The van der Waals surface area contributed by atoms with Crippen LogP contribution in [0.25, 0.3) is 0 Å². The molecule has 0 aromatic heterocycles. The van der Waals surface area contributed by atoms with E-state index in [2.05, 4.69) is 12.6 Å². The normalized spacial score (nSPS) is 17.5. The maximum Gasteiger partial charge on any atom is 0.228 e. The summed E-state index contributed by atoms with van der Waals surface area (Å²) in [6.45, 7) is -0.116. The molecule has 1 amide bonds. The number of carbonyl (C=O) groups excluding carboxylic acids is 3. The minimum atomic E-state index is -0.322. The van der Waals surface area contributed by atoms with E-state index in [1.54, 1.807) is 24.3 Å². The molecule has 2 heterocycles. The van der Waals surface area contributed by atoms with Gasteiger partial charge in [0.05, 0.1) is 22.0 Å². The summed E-state index contributed by atoms with van der Waals surface area (Å²) in [5.41, 5.74) is 1.06. The first-order valence-electron chi connectivity index (χ1n) is 6.94. The second-order valence-electron chi connectivity index (χ2n) is 4.89. The molecule has 23 heavy (non-hydrogen) atoms. The molecule has 0 saturated carbocycles. The Balaban J connectivity index is 2.12. The number of Topliss-reactive ketones (excluding diaryl/α,β-unsaturated/α-hetero) is 2. The Labute approximate surface area is 147 Å². The number of anilines is 1. The van der Waals surface area contributed by atoms with Gasteiger partial charge in [-0.15, -0.1) is 0 Å². The van der Waals surface area contributed by atoms with Gasteiger partial charge < -0.3 is 4.90 Å². The van der Waals surface area contributed by atoms with Crippen LogP contribution in [0.4, 0.5) is 5.69 Å². The molecule has 0 fully saturated rings. The highest BCUT2D eigenvalue weighted by atomic mass is 32.2. The molecule has 0 radical (unpaired) electrons. The summed E-state index contributed by atoms with van der Waals surface area (Å²) < 4.78 is 0.679. The maximum atomic E-state index is 12.9. The fourth-order valence-electron chi connectivity index (χ4n) is 2.45. The summed E-state index contributed by atoms with van der Waals surface area (Å²) >= 11 is 6.81. The van der Waals surface area contributed by atoms with Gasteiger partial charge in [0.1, 0.15) is 0 Å².